The average molecular weight is 408 g/mol. The van der Waals surface area contributed by atoms with E-state index >= 15 is 0 Å². The predicted molar refractivity (Wildman–Crippen MR) is 116 cm³/mol. The van der Waals surface area contributed by atoms with E-state index in [2.05, 4.69) is 26.7 Å². The molecular formula is C23H25FN4O2. The third-order valence-corrected chi connectivity index (χ3v) is 4.38. The molecule has 2 N–H and O–H groups in total. The van der Waals surface area contributed by atoms with E-state index in [1.165, 1.54) is 12.1 Å². The number of ether oxygens (including phenoxy) is 2. The number of hydrogen-bond acceptors (Lipinski definition) is 4. The van der Waals surface area contributed by atoms with Gasteiger partial charge in [-0.05, 0) is 35.7 Å². The topological polar surface area (TPSA) is 67.8 Å². The minimum atomic E-state index is -0.349. The van der Waals surface area contributed by atoms with Gasteiger partial charge in [0.15, 0.2) is 5.96 Å². The van der Waals surface area contributed by atoms with Gasteiger partial charge in [0.25, 0.3) is 0 Å². The molecule has 0 unspecified atom stereocenters. The molecule has 0 fully saturated rings. The molecule has 0 spiro atoms. The summed E-state index contributed by atoms with van der Waals surface area (Å²) in [6, 6.07) is 17.6. The number of para-hydroxylation sites is 1. The Hall–Kier alpha value is -3.61. The van der Waals surface area contributed by atoms with E-state index in [0.717, 1.165) is 29.8 Å². The maximum absolute atomic E-state index is 13.2. The van der Waals surface area contributed by atoms with Crippen LogP contribution in [0.15, 0.2) is 71.9 Å². The summed E-state index contributed by atoms with van der Waals surface area (Å²) >= 11 is 0. The third kappa shape index (κ3) is 6.20. The van der Waals surface area contributed by atoms with E-state index in [1.807, 2.05) is 24.3 Å². The van der Waals surface area contributed by atoms with E-state index in [4.69, 9.17) is 9.47 Å². The quantitative estimate of drug-likeness (QED) is 0.437. The average Bonchev–Trinajstić information content (AvgIpc) is 2.77. The van der Waals surface area contributed by atoms with Gasteiger partial charge in [-0.25, -0.2) is 9.37 Å². The highest BCUT2D eigenvalue weighted by atomic mass is 19.1. The molecule has 0 bridgehead atoms. The van der Waals surface area contributed by atoms with Gasteiger partial charge in [-0.3, -0.25) is 4.99 Å². The molecule has 30 heavy (non-hydrogen) atoms. The van der Waals surface area contributed by atoms with Crippen molar-refractivity contribution in [2.45, 2.75) is 13.0 Å². The minimum absolute atomic E-state index is 0.349. The second-order valence-corrected chi connectivity index (χ2v) is 6.48. The van der Waals surface area contributed by atoms with E-state index in [-0.39, 0.29) is 5.82 Å². The maximum Gasteiger partial charge on any atom is 0.219 e. The van der Waals surface area contributed by atoms with Crippen molar-refractivity contribution in [3.8, 4) is 17.4 Å². The lowest BCUT2D eigenvalue weighted by molar-refractivity contribution is 0.409. The van der Waals surface area contributed by atoms with Crippen molar-refractivity contribution in [3.63, 3.8) is 0 Å². The summed E-state index contributed by atoms with van der Waals surface area (Å²) in [4.78, 5) is 8.51. The Kier molecular flexibility index (Phi) is 7.60. The van der Waals surface area contributed by atoms with Gasteiger partial charge in [-0.1, -0.05) is 30.3 Å². The maximum atomic E-state index is 13.2. The lowest BCUT2D eigenvalue weighted by Crippen LogP contribution is -2.37. The number of pyridine rings is 1. The zero-order valence-electron chi connectivity index (χ0n) is 17.1. The van der Waals surface area contributed by atoms with Gasteiger partial charge in [0.05, 0.1) is 7.11 Å². The highest BCUT2D eigenvalue weighted by Gasteiger charge is 2.04. The fourth-order valence-corrected chi connectivity index (χ4v) is 2.86. The first-order chi connectivity index (χ1) is 14.7. The van der Waals surface area contributed by atoms with Crippen molar-refractivity contribution in [3.05, 3.63) is 83.8 Å². The van der Waals surface area contributed by atoms with Gasteiger partial charge < -0.3 is 20.1 Å². The minimum Gasteiger partial charge on any atom is -0.496 e. The van der Waals surface area contributed by atoms with Gasteiger partial charge >= 0.3 is 0 Å². The molecule has 156 valence electrons. The van der Waals surface area contributed by atoms with Crippen LogP contribution in [0.3, 0.4) is 0 Å². The number of aromatic nitrogens is 1. The van der Waals surface area contributed by atoms with Crippen LogP contribution in [0.1, 0.15) is 11.1 Å². The Balaban J connectivity index is 1.46. The summed E-state index contributed by atoms with van der Waals surface area (Å²) < 4.78 is 24.2. The van der Waals surface area contributed by atoms with E-state index in [1.54, 1.807) is 38.6 Å². The van der Waals surface area contributed by atoms with Crippen molar-refractivity contribution in [1.29, 1.82) is 0 Å². The SMILES string of the molecule is CN=C(NCCc1ccccc1OC)NCc1ccc(Oc2cccc(F)c2)nc1. The second kappa shape index (κ2) is 10.8. The monoisotopic (exact) mass is 408 g/mol. The van der Waals surface area contributed by atoms with Crippen LogP contribution in [-0.2, 0) is 13.0 Å². The van der Waals surface area contributed by atoms with Crippen molar-refractivity contribution in [1.82, 2.24) is 15.6 Å². The molecule has 0 saturated heterocycles. The van der Waals surface area contributed by atoms with Gasteiger partial charge in [0.1, 0.15) is 17.3 Å². The fraction of sp³-hybridized carbons (Fsp3) is 0.217. The number of benzene rings is 2. The zero-order chi connectivity index (χ0) is 21.2. The summed E-state index contributed by atoms with van der Waals surface area (Å²) in [6.07, 6.45) is 2.53. The molecule has 3 aromatic rings. The molecule has 0 atom stereocenters. The first kappa shape index (κ1) is 21.1. The molecule has 0 radical (unpaired) electrons. The number of aliphatic imine (C=N–C) groups is 1. The first-order valence-corrected chi connectivity index (χ1v) is 9.62. The molecule has 0 aliphatic carbocycles. The number of nitrogens with zero attached hydrogens (tertiary/aromatic N) is 2. The molecule has 0 aliphatic rings. The van der Waals surface area contributed by atoms with Crippen molar-refractivity contribution in [2.24, 2.45) is 4.99 Å². The first-order valence-electron chi connectivity index (χ1n) is 9.62. The summed E-state index contributed by atoms with van der Waals surface area (Å²) in [6.45, 7) is 1.28. The van der Waals surface area contributed by atoms with Crippen molar-refractivity contribution < 1.29 is 13.9 Å². The van der Waals surface area contributed by atoms with Crippen LogP contribution < -0.4 is 20.1 Å². The number of methoxy groups -OCH3 is 1. The molecule has 1 heterocycles. The van der Waals surface area contributed by atoms with Crippen molar-refractivity contribution in [2.75, 3.05) is 20.7 Å². The molecule has 0 saturated carbocycles. The molecule has 7 heteroatoms. The molecular weight excluding hydrogens is 383 g/mol. The Labute approximate surface area is 175 Å². The van der Waals surface area contributed by atoms with Crippen LogP contribution in [0, 0.1) is 5.82 Å². The van der Waals surface area contributed by atoms with E-state index in [0.29, 0.717) is 24.1 Å². The van der Waals surface area contributed by atoms with Crippen LogP contribution in [0.2, 0.25) is 0 Å². The number of rotatable bonds is 8. The second-order valence-electron chi connectivity index (χ2n) is 6.48. The Morgan fingerprint density at radius 2 is 1.93 bits per heavy atom. The molecule has 1 aromatic heterocycles. The van der Waals surface area contributed by atoms with Gasteiger partial charge in [-0.2, -0.15) is 0 Å². The Morgan fingerprint density at radius 3 is 2.67 bits per heavy atom. The highest BCUT2D eigenvalue weighted by molar-refractivity contribution is 5.79. The third-order valence-electron chi connectivity index (χ3n) is 4.38. The molecule has 2 aromatic carbocycles. The van der Waals surface area contributed by atoms with Crippen LogP contribution >= 0.6 is 0 Å². The number of guanidine groups is 1. The molecule has 0 amide bonds. The summed E-state index contributed by atoms with van der Waals surface area (Å²) in [5, 5.41) is 6.55. The lowest BCUT2D eigenvalue weighted by Gasteiger charge is -2.13. The molecule has 0 aliphatic heterocycles. The summed E-state index contributed by atoms with van der Waals surface area (Å²) in [7, 11) is 3.40. The van der Waals surface area contributed by atoms with E-state index in [9.17, 15) is 4.39 Å². The standard InChI is InChI=1S/C23H25FN4O2/c1-25-23(26-13-12-18-6-3-4-9-21(18)29-2)28-16-17-10-11-22(27-15-17)30-20-8-5-7-19(24)14-20/h3-11,14-15H,12-13,16H2,1-2H3,(H2,25,26,28). The van der Waals surface area contributed by atoms with E-state index < -0.39 is 0 Å². The fourth-order valence-electron chi connectivity index (χ4n) is 2.86. The number of nitrogens with one attached hydrogen (secondary N) is 2. The van der Waals surface area contributed by atoms with Crippen LogP contribution in [0.5, 0.6) is 17.4 Å². The highest BCUT2D eigenvalue weighted by Crippen LogP contribution is 2.20. The lowest BCUT2D eigenvalue weighted by atomic mass is 10.1. The largest absolute Gasteiger partial charge is 0.496 e. The number of halogens is 1. The normalized spacial score (nSPS) is 11.1. The van der Waals surface area contributed by atoms with Gasteiger partial charge in [0, 0.05) is 38.5 Å². The Morgan fingerprint density at radius 1 is 1.07 bits per heavy atom. The van der Waals surface area contributed by atoms with Crippen LogP contribution in [0.25, 0.3) is 0 Å². The van der Waals surface area contributed by atoms with Gasteiger partial charge in [-0.15, -0.1) is 0 Å². The predicted octanol–water partition coefficient (Wildman–Crippen LogP) is 3.93. The van der Waals surface area contributed by atoms with Crippen LogP contribution in [-0.4, -0.2) is 31.6 Å². The van der Waals surface area contributed by atoms with Crippen molar-refractivity contribution >= 4 is 5.96 Å². The van der Waals surface area contributed by atoms with Crippen LogP contribution in [0.4, 0.5) is 4.39 Å². The summed E-state index contributed by atoms with van der Waals surface area (Å²) in [5.74, 6) is 2.05. The smallest absolute Gasteiger partial charge is 0.219 e. The summed E-state index contributed by atoms with van der Waals surface area (Å²) in [5.41, 5.74) is 2.11. The van der Waals surface area contributed by atoms with Gasteiger partial charge in [0.2, 0.25) is 5.88 Å². The molecule has 3 rings (SSSR count). The Bertz CT molecular complexity index is 977. The zero-order valence-corrected chi connectivity index (χ0v) is 17.1. The number of hydrogen-bond donors (Lipinski definition) is 2. The molecule has 6 nitrogen and oxygen atoms in total.